The van der Waals surface area contributed by atoms with Crippen molar-refractivity contribution in [3.8, 4) is 11.5 Å². The summed E-state index contributed by atoms with van der Waals surface area (Å²) in [6.45, 7) is 0. The van der Waals surface area contributed by atoms with Crippen LogP contribution in [0.2, 0.25) is 0 Å². The second-order valence-corrected chi connectivity index (χ2v) is 6.66. The number of fused-ring (bicyclic) bond motifs is 1. The number of hydrogen-bond acceptors (Lipinski definition) is 5. The lowest BCUT2D eigenvalue weighted by Gasteiger charge is -2.37. The van der Waals surface area contributed by atoms with Gasteiger partial charge in [-0.1, -0.05) is 30.3 Å². The summed E-state index contributed by atoms with van der Waals surface area (Å²) in [5.41, 5.74) is 1.06. The lowest BCUT2D eigenvalue weighted by atomic mass is 9.83. The van der Waals surface area contributed by atoms with E-state index < -0.39 is 5.54 Å². The summed E-state index contributed by atoms with van der Waals surface area (Å²) in [6, 6.07) is 14.3. The van der Waals surface area contributed by atoms with Crippen LogP contribution >= 0.6 is 0 Å². The molecule has 1 atom stereocenters. The number of allylic oxidation sites excluding steroid dienone is 2. The number of phenolic OH excluding ortho intramolecular Hbond substituents is 1. The normalized spacial score (nSPS) is 20.6. The molecule has 0 radical (unpaired) electrons. The van der Waals surface area contributed by atoms with Gasteiger partial charge in [0.05, 0.1) is 0 Å². The SMILES string of the molecule is NOc1ccc(CC2(Cc3ccc(O)cc3)C(=O)N=C3C=CC=CN32)cc1. The van der Waals surface area contributed by atoms with E-state index in [4.69, 9.17) is 10.7 Å². The van der Waals surface area contributed by atoms with Crippen molar-refractivity contribution in [3.05, 3.63) is 84.1 Å². The predicted octanol–water partition coefficient (Wildman–Crippen LogP) is 2.49. The fraction of sp³-hybridized carbons (Fsp3) is 0.143. The molecule has 6 heteroatoms. The predicted molar refractivity (Wildman–Crippen MR) is 102 cm³/mol. The summed E-state index contributed by atoms with van der Waals surface area (Å²) in [7, 11) is 0. The zero-order valence-electron chi connectivity index (χ0n) is 14.6. The van der Waals surface area contributed by atoms with E-state index in [1.54, 1.807) is 24.3 Å². The largest absolute Gasteiger partial charge is 0.508 e. The first-order chi connectivity index (χ1) is 13.1. The highest BCUT2D eigenvalue weighted by atomic mass is 16.6. The Labute approximate surface area is 156 Å². The van der Waals surface area contributed by atoms with Crippen LogP contribution in [0.15, 0.2) is 78.0 Å². The molecule has 0 saturated carbocycles. The van der Waals surface area contributed by atoms with E-state index in [2.05, 4.69) is 4.99 Å². The number of carbonyl (C=O) groups is 1. The number of amides is 1. The number of aromatic hydroxyl groups is 1. The molecule has 0 bridgehead atoms. The minimum atomic E-state index is -0.862. The Kier molecular flexibility index (Phi) is 4.25. The van der Waals surface area contributed by atoms with E-state index in [-0.39, 0.29) is 11.7 Å². The molecular weight excluding hydrogens is 342 g/mol. The molecule has 1 unspecified atom stereocenters. The molecule has 0 spiro atoms. The van der Waals surface area contributed by atoms with Gasteiger partial charge < -0.3 is 14.8 Å². The molecule has 27 heavy (non-hydrogen) atoms. The van der Waals surface area contributed by atoms with Crippen molar-refractivity contribution in [3.63, 3.8) is 0 Å². The fourth-order valence-electron chi connectivity index (χ4n) is 3.56. The number of rotatable bonds is 5. The molecule has 1 amide bonds. The Morgan fingerprint density at radius 3 is 2.26 bits per heavy atom. The molecule has 2 aliphatic heterocycles. The number of nitrogens with zero attached hydrogens (tertiary/aromatic N) is 2. The third-order valence-corrected chi connectivity index (χ3v) is 4.90. The van der Waals surface area contributed by atoms with Crippen LogP contribution in [0.4, 0.5) is 0 Å². The van der Waals surface area contributed by atoms with E-state index in [0.29, 0.717) is 24.4 Å². The maximum Gasteiger partial charge on any atom is 0.274 e. The van der Waals surface area contributed by atoms with E-state index in [1.165, 1.54) is 0 Å². The summed E-state index contributed by atoms with van der Waals surface area (Å²) >= 11 is 0. The van der Waals surface area contributed by atoms with Gasteiger partial charge in [-0.25, -0.2) is 0 Å². The first-order valence-corrected chi connectivity index (χ1v) is 8.62. The van der Waals surface area contributed by atoms with Gasteiger partial charge in [-0.05, 0) is 47.5 Å². The third kappa shape index (κ3) is 3.11. The fourth-order valence-corrected chi connectivity index (χ4v) is 3.56. The topological polar surface area (TPSA) is 88.2 Å². The third-order valence-electron chi connectivity index (χ3n) is 4.90. The lowest BCUT2D eigenvalue weighted by Crippen LogP contribution is -2.52. The zero-order valence-corrected chi connectivity index (χ0v) is 14.6. The minimum absolute atomic E-state index is 0.180. The zero-order chi connectivity index (χ0) is 18.9. The first kappa shape index (κ1) is 17.1. The van der Waals surface area contributed by atoms with Crippen LogP contribution in [0, 0.1) is 0 Å². The van der Waals surface area contributed by atoms with Crippen molar-refractivity contribution >= 4 is 11.7 Å². The van der Waals surface area contributed by atoms with E-state index in [1.807, 2.05) is 53.6 Å². The number of aliphatic imine (C=N–C) groups is 1. The van der Waals surface area contributed by atoms with Crippen LogP contribution < -0.4 is 10.7 Å². The van der Waals surface area contributed by atoms with Crippen molar-refractivity contribution < 1.29 is 14.7 Å². The number of amidine groups is 1. The lowest BCUT2D eigenvalue weighted by molar-refractivity contribution is -0.124. The smallest absolute Gasteiger partial charge is 0.274 e. The Morgan fingerprint density at radius 2 is 1.63 bits per heavy atom. The van der Waals surface area contributed by atoms with Gasteiger partial charge in [0.15, 0.2) is 0 Å². The highest BCUT2D eigenvalue weighted by Crippen LogP contribution is 2.35. The molecule has 3 N–H and O–H groups in total. The van der Waals surface area contributed by atoms with Gasteiger partial charge in [-0.2, -0.15) is 10.9 Å². The number of phenols is 1. The monoisotopic (exact) mass is 361 g/mol. The summed E-state index contributed by atoms with van der Waals surface area (Å²) < 4.78 is 0. The molecular formula is C21H19N3O3. The summed E-state index contributed by atoms with van der Waals surface area (Å²) in [6.07, 6.45) is 8.43. The molecule has 2 aromatic rings. The Bertz CT molecular complexity index is 946. The van der Waals surface area contributed by atoms with Gasteiger partial charge in [-0.15, -0.1) is 0 Å². The van der Waals surface area contributed by atoms with Crippen LogP contribution in [0.3, 0.4) is 0 Å². The van der Waals surface area contributed by atoms with Crippen LogP contribution in [0.25, 0.3) is 0 Å². The van der Waals surface area contributed by atoms with Crippen LogP contribution in [-0.4, -0.2) is 27.3 Å². The average molecular weight is 361 g/mol. The summed E-state index contributed by atoms with van der Waals surface area (Å²) in [5, 5.41) is 9.56. The number of benzene rings is 2. The Balaban J connectivity index is 1.72. The quantitative estimate of drug-likeness (QED) is 0.799. The molecule has 136 valence electrons. The Morgan fingerprint density at radius 1 is 1.00 bits per heavy atom. The van der Waals surface area contributed by atoms with Crippen molar-refractivity contribution in [1.82, 2.24) is 4.90 Å². The van der Waals surface area contributed by atoms with Gasteiger partial charge in [-0.3, -0.25) is 4.79 Å². The summed E-state index contributed by atoms with van der Waals surface area (Å²) in [4.78, 5) is 24.0. The van der Waals surface area contributed by atoms with Crippen LogP contribution in [-0.2, 0) is 17.6 Å². The molecule has 0 aromatic heterocycles. The van der Waals surface area contributed by atoms with Gasteiger partial charge in [0, 0.05) is 19.0 Å². The van der Waals surface area contributed by atoms with Crippen LogP contribution in [0.5, 0.6) is 11.5 Å². The highest BCUT2D eigenvalue weighted by molar-refractivity contribution is 6.12. The number of nitrogens with two attached hydrogens (primary N) is 1. The molecule has 2 aliphatic rings. The van der Waals surface area contributed by atoms with Crippen molar-refractivity contribution in [2.45, 2.75) is 18.4 Å². The number of carbonyl (C=O) groups excluding carboxylic acids is 1. The molecule has 4 rings (SSSR count). The minimum Gasteiger partial charge on any atom is -0.508 e. The molecule has 0 saturated heterocycles. The van der Waals surface area contributed by atoms with E-state index >= 15 is 0 Å². The average Bonchev–Trinajstić information content (AvgIpc) is 2.96. The number of hydrogen-bond donors (Lipinski definition) is 2. The van der Waals surface area contributed by atoms with Crippen LogP contribution in [0.1, 0.15) is 11.1 Å². The van der Waals surface area contributed by atoms with Crippen molar-refractivity contribution in [1.29, 1.82) is 0 Å². The van der Waals surface area contributed by atoms with Gasteiger partial charge in [0.1, 0.15) is 22.9 Å². The molecule has 6 nitrogen and oxygen atoms in total. The highest BCUT2D eigenvalue weighted by Gasteiger charge is 2.49. The second kappa shape index (κ2) is 6.74. The maximum atomic E-state index is 13.1. The van der Waals surface area contributed by atoms with Gasteiger partial charge >= 0.3 is 0 Å². The molecule has 0 fully saturated rings. The van der Waals surface area contributed by atoms with E-state index in [0.717, 1.165) is 11.1 Å². The standard InChI is InChI=1S/C21H19N3O3/c22-27-18-10-6-16(7-11-18)14-21(13-15-4-8-17(25)9-5-15)20(26)23-19-3-1-2-12-24(19)21/h1-12,25H,13-14,22H2. The van der Waals surface area contributed by atoms with E-state index in [9.17, 15) is 9.90 Å². The Hall–Kier alpha value is -3.38. The first-order valence-electron chi connectivity index (χ1n) is 8.62. The maximum absolute atomic E-state index is 13.1. The molecule has 2 aromatic carbocycles. The van der Waals surface area contributed by atoms with Gasteiger partial charge in [0.2, 0.25) is 0 Å². The van der Waals surface area contributed by atoms with Gasteiger partial charge in [0.25, 0.3) is 5.91 Å². The van der Waals surface area contributed by atoms with Crippen molar-refractivity contribution in [2.75, 3.05) is 0 Å². The van der Waals surface area contributed by atoms with Crippen molar-refractivity contribution in [2.24, 2.45) is 10.9 Å². The molecule has 2 heterocycles. The second-order valence-electron chi connectivity index (χ2n) is 6.66. The summed E-state index contributed by atoms with van der Waals surface area (Å²) in [5.74, 6) is 6.41. The molecule has 0 aliphatic carbocycles.